The molecule has 1 N–H and O–H groups in total. The molecule has 0 bridgehead atoms. The molecule has 0 fully saturated rings. The fraction of sp³-hybridized carbons (Fsp3) is 0. The number of hydrogen-bond acceptors (Lipinski definition) is 3. The van der Waals surface area contributed by atoms with Crippen molar-refractivity contribution in [3.8, 4) is 11.1 Å². The summed E-state index contributed by atoms with van der Waals surface area (Å²) in [6.45, 7) is 0. The fourth-order valence-corrected chi connectivity index (χ4v) is 2.05. The SMILES string of the molecule is Clc1cccc(-c2cnc(Nc3ccccc3)nc2)c1. The van der Waals surface area contributed by atoms with Crippen molar-refractivity contribution < 1.29 is 0 Å². The van der Waals surface area contributed by atoms with Crippen LogP contribution in [0.4, 0.5) is 11.6 Å². The maximum absolute atomic E-state index is 5.98. The Labute approximate surface area is 122 Å². The first-order valence-corrected chi connectivity index (χ1v) is 6.59. The van der Waals surface area contributed by atoms with E-state index in [0.717, 1.165) is 16.8 Å². The van der Waals surface area contributed by atoms with Crippen LogP contribution in [0.2, 0.25) is 5.02 Å². The van der Waals surface area contributed by atoms with E-state index in [1.54, 1.807) is 12.4 Å². The molecule has 0 atom stereocenters. The second-order valence-electron chi connectivity index (χ2n) is 4.30. The second-order valence-corrected chi connectivity index (χ2v) is 4.73. The molecule has 0 unspecified atom stereocenters. The Morgan fingerprint density at radius 3 is 2.25 bits per heavy atom. The predicted molar refractivity (Wildman–Crippen MR) is 82.2 cm³/mol. The minimum absolute atomic E-state index is 0.571. The van der Waals surface area contributed by atoms with Crippen LogP contribution in [0.3, 0.4) is 0 Å². The lowest BCUT2D eigenvalue weighted by Crippen LogP contribution is -1.96. The lowest BCUT2D eigenvalue weighted by Gasteiger charge is -2.05. The van der Waals surface area contributed by atoms with E-state index in [9.17, 15) is 0 Å². The van der Waals surface area contributed by atoms with Gasteiger partial charge in [-0.25, -0.2) is 9.97 Å². The van der Waals surface area contributed by atoms with Gasteiger partial charge in [0.05, 0.1) is 0 Å². The summed E-state index contributed by atoms with van der Waals surface area (Å²) in [7, 11) is 0. The molecule has 0 aliphatic carbocycles. The number of nitrogens with one attached hydrogen (secondary N) is 1. The van der Waals surface area contributed by atoms with Crippen LogP contribution in [0.15, 0.2) is 67.0 Å². The summed E-state index contributed by atoms with van der Waals surface area (Å²) in [6, 6.07) is 17.5. The summed E-state index contributed by atoms with van der Waals surface area (Å²) in [4.78, 5) is 8.63. The van der Waals surface area contributed by atoms with Gasteiger partial charge in [0.15, 0.2) is 0 Å². The maximum atomic E-state index is 5.98. The van der Waals surface area contributed by atoms with Crippen molar-refractivity contribution in [1.29, 1.82) is 0 Å². The maximum Gasteiger partial charge on any atom is 0.227 e. The summed E-state index contributed by atoms with van der Waals surface area (Å²) in [6.07, 6.45) is 3.56. The van der Waals surface area contributed by atoms with Crippen LogP contribution in [0.1, 0.15) is 0 Å². The molecule has 2 aromatic carbocycles. The third-order valence-corrected chi connectivity index (χ3v) is 3.07. The van der Waals surface area contributed by atoms with Gasteiger partial charge in [0.25, 0.3) is 0 Å². The van der Waals surface area contributed by atoms with E-state index in [0.29, 0.717) is 11.0 Å². The van der Waals surface area contributed by atoms with Gasteiger partial charge >= 0.3 is 0 Å². The van der Waals surface area contributed by atoms with Gasteiger partial charge in [0, 0.05) is 28.7 Å². The van der Waals surface area contributed by atoms with Crippen LogP contribution in [0.25, 0.3) is 11.1 Å². The molecule has 4 heteroatoms. The molecule has 0 aliphatic rings. The number of para-hydroxylation sites is 1. The molecule has 20 heavy (non-hydrogen) atoms. The number of aromatic nitrogens is 2. The molecule has 0 saturated heterocycles. The lowest BCUT2D eigenvalue weighted by atomic mass is 10.1. The van der Waals surface area contributed by atoms with Crippen molar-refractivity contribution in [1.82, 2.24) is 9.97 Å². The molecule has 0 spiro atoms. The zero-order valence-corrected chi connectivity index (χ0v) is 11.4. The van der Waals surface area contributed by atoms with Gasteiger partial charge in [0.1, 0.15) is 0 Å². The Balaban J connectivity index is 1.81. The molecule has 3 rings (SSSR count). The average Bonchev–Trinajstić information content (AvgIpc) is 2.49. The Bertz CT molecular complexity index is 696. The fourth-order valence-electron chi connectivity index (χ4n) is 1.86. The van der Waals surface area contributed by atoms with Gasteiger partial charge in [-0.2, -0.15) is 0 Å². The molecular weight excluding hydrogens is 270 g/mol. The highest BCUT2D eigenvalue weighted by Crippen LogP contribution is 2.22. The first-order chi connectivity index (χ1) is 9.81. The third-order valence-electron chi connectivity index (χ3n) is 2.84. The van der Waals surface area contributed by atoms with Crippen LogP contribution in [-0.2, 0) is 0 Å². The molecule has 98 valence electrons. The highest BCUT2D eigenvalue weighted by molar-refractivity contribution is 6.30. The van der Waals surface area contributed by atoms with E-state index in [1.165, 1.54) is 0 Å². The van der Waals surface area contributed by atoms with Gasteiger partial charge in [-0.3, -0.25) is 0 Å². The van der Waals surface area contributed by atoms with Gasteiger partial charge in [-0.15, -0.1) is 0 Å². The highest BCUT2D eigenvalue weighted by atomic mass is 35.5. The zero-order valence-electron chi connectivity index (χ0n) is 10.6. The molecule has 1 heterocycles. The topological polar surface area (TPSA) is 37.8 Å². The molecular formula is C16H12ClN3. The first-order valence-electron chi connectivity index (χ1n) is 6.21. The van der Waals surface area contributed by atoms with E-state index in [4.69, 9.17) is 11.6 Å². The van der Waals surface area contributed by atoms with Crippen LogP contribution < -0.4 is 5.32 Å². The predicted octanol–water partition coefficient (Wildman–Crippen LogP) is 4.54. The van der Waals surface area contributed by atoms with E-state index >= 15 is 0 Å². The minimum atomic E-state index is 0.571. The molecule has 0 radical (unpaired) electrons. The minimum Gasteiger partial charge on any atom is -0.324 e. The second kappa shape index (κ2) is 5.72. The summed E-state index contributed by atoms with van der Waals surface area (Å²) in [5, 5.41) is 3.85. The summed E-state index contributed by atoms with van der Waals surface area (Å²) in [5.41, 5.74) is 2.90. The van der Waals surface area contributed by atoms with E-state index in [1.807, 2.05) is 54.6 Å². The Morgan fingerprint density at radius 2 is 1.55 bits per heavy atom. The van der Waals surface area contributed by atoms with Crippen molar-refractivity contribution in [3.05, 3.63) is 72.0 Å². The van der Waals surface area contributed by atoms with Crippen LogP contribution in [-0.4, -0.2) is 9.97 Å². The van der Waals surface area contributed by atoms with E-state index in [-0.39, 0.29) is 0 Å². The zero-order chi connectivity index (χ0) is 13.8. The average molecular weight is 282 g/mol. The van der Waals surface area contributed by atoms with Crippen molar-refractivity contribution >= 4 is 23.2 Å². The number of benzene rings is 2. The number of halogens is 1. The normalized spacial score (nSPS) is 10.2. The van der Waals surface area contributed by atoms with Crippen LogP contribution in [0, 0.1) is 0 Å². The van der Waals surface area contributed by atoms with Gasteiger partial charge < -0.3 is 5.32 Å². The van der Waals surface area contributed by atoms with Gasteiger partial charge in [-0.1, -0.05) is 41.9 Å². The summed E-state index contributed by atoms with van der Waals surface area (Å²) < 4.78 is 0. The van der Waals surface area contributed by atoms with Crippen LogP contribution in [0.5, 0.6) is 0 Å². The summed E-state index contributed by atoms with van der Waals surface area (Å²) >= 11 is 5.98. The van der Waals surface area contributed by atoms with Crippen molar-refractivity contribution in [3.63, 3.8) is 0 Å². The molecule has 3 aromatic rings. The van der Waals surface area contributed by atoms with Crippen molar-refractivity contribution in [2.75, 3.05) is 5.32 Å². The number of rotatable bonds is 3. The highest BCUT2D eigenvalue weighted by Gasteiger charge is 2.01. The molecule has 0 amide bonds. The third kappa shape index (κ3) is 2.95. The molecule has 0 aliphatic heterocycles. The monoisotopic (exact) mass is 281 g/mol. The number of nitrogens with zero attached hydrogens (tertiary/aromatic N) is 2. The summed E-state index contributed by atoms with van der Waals surface area (Å²) in [5.74, 6) is 0.571. The number of hydrogen-bond donors (Lipinski definition) is 1. The smallest absolute Gasteiger partial charge is 0.227 e. The van der Waals surface area contributed by atoms with Crippen molar-refractivity contribution in [2.24, 2.45) is 0 Å². The number of anilines is 2. The Morgan fingerprint density at radius 1 is 0.800 bits per heavy atom. The molecule has 1 aromatic heterocycles. The Kier molecular flexibility index (Phi) is 3.61. The quantitative estimate of drug-likeness (QED) is 0.766. The lowest BCUT2D eigenvalue weighted by molar-refractivity contribution is 1.17. The molecule has 0 saturated carbocycles. The first kappa shape index (κ1) is 12.6. The van der Waals surface area contributed by atoms with Gasteiger partial charge in [-0.05, 0) is 29.8 Å². The largest absolute Gasteiger partial charge is 0.324 e. The standard InChI is InChI=1S/C16H12ClN3/c17-14-6-4-5-12(9-14)13-10-18-16(19-11-13)20-15-7-2-1-3-8-15/h1-11H,(H,18,19,20). The van der Waals surface area contributed by atoms with E-state index < -0.39 is 0 Å². The Hall–Kier alpha value is -2.39. The van der Waals surface area contributed by atoms with Crippen LogP contribution >= 0.6 is 11.6 Å². The van der Waals surface area contributed by atoms with Gasteiger partial charge in [0.2, 0.25) is 5.95 Å². The van der Waals surface area contributed by atoms with E-state index in [2.05, 4.69) is 15.3 Å². The van der Waals surface area contributed by atoms with Crippen molar-refractivity contribution in [2.45, 2.75) is 0 Å². The molecule has 3 nitrogen and oxygen atoms in total.